The molecule has 1 aromatic heterocycles. The van der Waals surface area contributed by atoms with Crippen LogP contribution in [0.15, 0.2) is 59.6 Å². The highest BCUT2D eigenvalue weighted by atomic mass is 32.2. The highest BCUT2D eigenvalue weighted by Crippen LogP contribution is 2.39. The summed E-state index contributed by atoms with van der Waals surface area (Å²) < 4.78 is 0. The van der Waals surface area contributed by atoms with Crippen LogP contribution in [0.2, 0.25) is 0 Å². The van der Waals surface area contributed by atoms with Gasteiger partial charge in [-0.25, -0.2) is 0 Å². The fourth-order valence-electron chi connectivity index (χ4n) is 4.37. The largest absolute Gasteiger partial charge is 0.361 e. The lowest BCUT2D eigenvalue weighted by molar-refractivity contribution is -0.131. The van der Waals surface area contributed by atoms with Gasteiger partial charge >= 0.3 is 0 Å². The highest BCUT2D eigenvalue weighted by Gasteiger charge is 2.33. The summed E-state index contributed by atoms with van der Waals surface area (Å²) in [5.74, 6) is 0.868. The Balaban J connectivity index is 1.25. The molecule has 0 spiro atoms. The standard InChI is InChI=1S/C22H22N2OS/c25-22(21-13-16-5-1-4-8-20(16)26-21)24-11-9-15(10-12-24)18-14-23-19-7-3-2-6-17(18)19/h1-8,14-15,21,23H,9-13H2/t21-/m1/s1. The number of aromatic amines is 1. The quantitative estimate of drug-likeness (QED) is 0.724. The molecule has 0 saturated carbocycles. The first-order valence-corrected chi connectivity index (χ1v) is 10.3. The van der Waals surface area contributed by atoms with E-state index in [2.05, 4.69) is 64.6 Å². The van der Waals surface area contributed by atoms with Gasteiger partial charge in [-0.05, 0) is 48.4 Å². The van der Waals surface area contributed by atoms with Gasteiger partial charge in [-0.15, -0.1) is 11.8 Å². The molecule has 1 saturated heterocycles. The van der Waals surface area contributed by atoms with Crippen molar-refractivity contribution in [1.82, 2.24) is 9.88 Å². The molecule has 0 aliphatic carbocycles. The Morgan fingerprint density at radius 2 is 1.81 bits per heavy atom. The second-order valence-corrected chi connectivity index (χ2v) is 8.55. The normalized spacial score (nSPS) is 20.5. The van der Waals surface area contributed by atoms with Gasteiger partial charge in [0.05, 0.1) is 5.25 Å². The maximum atomic E-state index is 13.0. The molecule has 1 atom stereocenters. The number of thioether (sulfide) groups is 1. The highest BCUT2D eigenvalue weighted by molar-refractivity contribution is 8.01. The Kier molecular flexibility index (Phi) is 4.01. The number of benzene rings is 2. The lowest BCUT2D eigenvalue weighted by Gasteiger charge is -2.33. The van der Waals surface area contributed by atoms with Gasteiger partial charge in [0, 0.05) is 35.1 Å². The molecular formula is C22H22N2OS. The molecule has 2 aromatic carbocycles. The number of likely N-dealkylation sites (tertiary alicyclic amines) is 1. The summed E-state index contributed by atoms with van der Waals surface area (Å²) in [7, 11) is 0. The number of hydrogen-bond donors (Lipinski definition) is 1. The van der Waals surface area contributed by atoms with Gasteiger partial charge in [0.25, 0.3) is 0 Å². The number of rotatable bonds is 2. The molecule has 2 aliphatic rings. The van der Waals surface area contributed by atoms with Crippen molar-refractivity contribution >= 4 is 28.6 Å². The molecule has 0 bridgehead atoms. The molecule has 2 aliphatic heterocycles. The lowest BCUT2D eigenvalue weighted by Crippen LogP contribution is -2.42. The van der Waals surface area contributed by atoms with Crippen molar-refractivity contribution in [2.75, 3.05) is 13.1 Å². The summed E-state index contributed by atoms with van der Waals surface area (Å²) in [5.41, 5.74) is 3.95. The van der Waals surface area contributed by atoms with E-state index in [0.717, 1.165) is 32.4 Å². The van der Waals surface area contributed by atoms with E-state index in [1.165, 1.54) is 26.9 Å². The minimum absolute atomic E-state index is 0.0667. The molecule has 1 N–H and O–H groups in total. The Morgan fingerprint density at radius 3 is 2.65 bits per heavy atom. The number of H-pyrrole nitrogens is 1. The van der Waals surface area contributed by atoms with Crippen LogP contribution in [0, 0.1) is 0 Å². The topological polar surface area (TPSA) is 36.1 Å². The molecule has 4 heteroatoms. The van der Waals surface area contributed by atoms with E-state index in [4.69, 9.17) is 0 Å². The number of carbonyl (C=O) groups is 1. The van der Waals surface area contributed by atoms with Gasteiger partial charge in [0.2, 0.25) is 5.91 Å². The number of hydrogen-bond acceptors (Lipinski definition) is 2. The van der Waals surface area contributed by atoms with Gasteiger partial charge in [-0.3, -0.25) is 4.79 Å². The molecule has 3 heterocycles. The van der Waals surface area contributed by atoms with Crippen molar-refractivity contribution in [3.05, 3.63) is 65.9 Å². The summed E-state index contributed by atoms with van der Waals surface area (Å²) in [6, 6.07) is 16.9. The van der Waals surface area contributed by atoms with Crippen molar-refractivity contribution in [2.45, 2.75) is 35.3 Å². The molecule has 132 valence electrons. The van der Waals surface area contributed by atoms with Crippen LogP contribution in [-0.4, -0.2) is 34.1 Å². The number of nitrogens with one attached hydrogen (secondary N) is 1. The number of para-hydroxylation sites is 1. The maximum Gasteiger partial charge on any atom is 0.236 e. The Morgan fingerprint density at radius 1 is 1.04 bits per heavy atom. The van der Waals surface area contributed by atoms with E-state index in [9.17, 15) is 4.79 Å². The molecule has 0 unspecified atom stereocenters. The zero-order chi connectivity index (χ0) is 17.5. The average Bonchev–Trinajstić information content (AvgIpc) is 3.32. The first kappa shape index (κ1) is 16.0. The summed E-state index contributed by atoms with van der Waals surface area (Å²) >= 11 is 1.74. The zero-order valence-electron chi connectivity index (χ0n) is 14.7. The average molecular weight is 362 g/mol. The van der Waals surface area contributed by atoms with Crippen molar-refractivity contribution in [1.29, 1.82) is 0 Å². The van der Waals surface area contributed by atoms with Gasteiger partial charge in [0.15, 0.2) is 0 Å². The SMILES string of the molecule is O=C([C@H]1Cc2ccccc2S1)N1CCC(c2c[nH]c3ccccc23)CC1. The fraction of sp³-hybridized carbons (Fsp3) is 0.318. The van der Waals surface area contributed by atoms with Crippen LogP contribution in [0.4, 0.5) is 0 Å². The van der Waals surface area contributed by atoms with E-state index in [1.54, 1.807) is 11.8 Å². The fourth-order valence-corrected chi connectivity index (χ4v) is 5.65. The number of fused-ring (bicyclic) bond motifs is 2. The van der Waals surface area contributed by atoms with Gasteiger partial charge < -0.3 is 9.88 Å². The van der Waals surface area contributed by atoms with Crippen LogP contribution in [0.1, 0.15) is 29.9 Å². The summed E-state index contributed by atoms with van der Waals surface area (Å²) in [5, 5.41) is 1.40. The van der Waals surface area contributed by atoms with E-state index in [0.29, 0.717) is 11.8 Å². The number of piperidine rings is 1. The third-order valence-electron chi connectivity index (χ3n) is 5.79. The molecule has 0 radical (unpaired) electrons. The van der Waals surface area contributed by atoms with Crippen LogP contribution in [-0.2, 0) is 11.2 Å². The Bertz CT molecular complexity index is 930. The maximum absolute atomic E-state index is 13.0. The van der Waals surface area contributed by atoms with Crippen molar-refractivity contribution < 1.29 is 4.79 Å². The van der Waals surface area contributed by atoms with Gasteiger partial charge in [0.1, 0.15) is 0 Å². The first-order valence-electron chi connectivity index (χ1n) is 9.39. The molecule has 26 heavy (non-hydrogen) atoms. The third-order valence-corrected chi connectivity index (χ3v) is 7.10. The van der Waals surface area contributed by atoms with E-state index < -0.39 is 0 Å². The summed E-state index contributed by atoms with van der Waals surface area (Å²) in [6.45, 7) is 1.74. The second-order valence-electron chi connectivity index (χ2n) is 7.31. The third kappa shape index (κ3) is 2.73. The monoisotopic (exact) mass is 362 g/mol. The van der Waals surface area contributed by atoms with E-state index in [1.807, 2.05) is 0 Å². The minimum atomic E-state index is 0.0667. The Labute approximate surface area is 157 Å². The van der Waals surface area contributed by atoms with Crippen LogP contribution >= 0.6 is 11.8 Å². The van der Waals surface area contributed by atoms with Gasteiger partial charge in [-0.1, -0.05) is 36.4 Å². The minimum Gasteiger partial charge on any atom is -0.361 e. The molecule has 3 nitrogen and oxygen atoms in total. The summed E-state index contributed by atoms with van der Waals surface area (Å²) in [4.78, 5) is 19.7. The van der Waals surface area contributed by atoms with E-state index >= 15 is 0 Å². The smallest absolute Gasteiger partial charge is 0.236 e. The van der Waals surface area contributed by atoms with Crippen molar-refractivity contribution in [3.8, 4) is 0 Å². The number of aromatic nitrogens is 1. The number of nitrogens with zero attached hydrogens (tertiary/aromatic N) is 1. The number of amides is 1. The van der Waals surface area contributed by atoms with Gasteiger partial charge in [-0.2, -0.15) is 0 Å². The van der Waals surface area contributed by atoms with Crippen LogP contribution in [0.25, 0.3) is 10.9 Å². The van der Waals surface area contributed by atoms with E-state index in [-0.39, 0.29) is 5.25 Å². The Hall–Kier alpha value is -2.20. The molecule has 3 aromatic rings. The summed E-state index contributed by atoms with van der Waals surface area (Å²) in [6.07, 6.45) is 5.15. The molecule has 1 fully saturated rings. The first-order chi connectivity index (χ1) is 12.8. The predicted octanol–water partition coefficient (Wildman–Crippen LogP) is 4.59. The van der Waals surface area contributed by atoms with Crippen LogP contribution < -0.4 is 0 Å². The predicted molar refractivity (Wildman–Crippen MR) is 107 cm³/mol. The van der Waals surface area contributed by atoms with Crippen LogP contribution in [0.5, 0.6) is 0 Å². The number of carbonyl (C=O) groups excluding carboxylic acids is 1. The second kappa shape index (κ2) is 6.51. The van der Waals surface area contributed by atoms with Crippen molar-refractivity contribution in [3.63, 3.8) is 0 Å². The molecular weight excluding hydrogens is 340 g/mol. The zero-order valence-corrected chi connectivity index (χ0v) is 15.5. The molecule has 5 rings (SSSR count). The van der Waals surface area contributed by atoms with Crippen molar-refractivity contribution in [2.24, 2.45) is 0 Å². The molecule has 1 amide bonds. The lowest BCUT2D eigenvalue weighted by atomic mass is 9.89. The van der Waals surface area contributed by atoms with Crippen LogP contribution in [0.3, 0.4) is 0 Å².